The summed E-state index contributed by atoms with van der Waals surface area (Å²) in [6, 6.07) is 0. The number of imidazole rings is 1. The van der Waals surface area contributed by atoms with Crippen LogP contribution >= 0.6 is 0 Å². The summed E-state index contributed by atoms with van der Waals surface area (Å²) >= 11 is 0. The third kappa shape index (κ3) is 2.83. The number of hydrogen-bond donors (Lipinski definition) is 2. The van der Waals surface area contributed by atoms with E-state index in [9.17, 15) is 13.2 Å². The second-order valence-corrected chi connectivity index (χ2v) is 5.92. The van der Waals surface area contributed by atoms with Crippen LogP contribution in [0.2, 0.25) is 0 Å². The van der Waals surface area contributed by atoms with E-state index in [1.165, 1.54) is 12.5 Å². The zero-order chi connectivity index (χ0) is 12.5. The van der Waals surface area contributed by atoms with Crippen molar-refractivity contribution >= 4 is 15.9 Å². The molecular formula is C9H14N4O3S. The molecule has 3 N–H and O–H groups in total. The zero-order valence-corrected chi connectivity index (χ0v) is 9.98. The second kappa shape index (κ2) is 4.46. The molecule has 1 saturated carbocycles. The van der Waals surface area contributed by atoms with Gasteiger partial charge in [0.15, 0.2) is 0 Å². The first kappa shape index (κ1) is 12.1. The summed E-state index contributed by atoms with van der Waals surface area (Å²) in [7, 11) is -3.51. The molecule has 2 rings (SSSR count). The molecule has 8 heteroatoms. The van der Waals surface area contributed by atoms with E-state index in [-0.39, 0.29) is 5.69 Å². The fourth-order valence-electron chi connectivity index (χ4n) is 1.39. The highest BCUT2D eigenvalue weighted by molar-refractivity contribution is 7.91. The molecule has 1 aromatic rings. The van der Waals surface area contributed by atoms with Gasteiger partial charge in [0, 0.05) is 19.3 Å². The van der Waals surface area contributed by atoms with Crippen LogP contribution < -0.4 is 10.5 Å². The van der Waals surface area contributed by atoms with Crippen molar-refractivity contribution in [3.8, 4) is 0 Å². The van der Waals surface area contributed by atoms with E-state index in [0.717, 1.165) is 0 Å². The molecule has 0 spiro atoms. The van der Waals surface area contributed by atoms with E-state index < -0.39 is 21.2 Å². The quantitative estimate of drug-likeness (QED) is 0.709. The average molecular weight is 258 g/mol. The largest absolute Gasteiger partial charge is 0.335 e. The van der Waals surface area contributed by atoms with Gasteiger partial charge in [0.2, 0.25) is 10.0 Å². The molecule has 7 nitrogen and oxygen atoms in total. The van der Waals surface area contributed by atoms with Crippen molar-refractivity contribution in [3.05, 3.63) is 18.2 Å². The lowest BCUT2D eigenvalue weighted by Crippen LogP contribution is -2.33. The first-order valence-corrected chi connectivity index (χ1v) is 6.85. The van der Waals surface area contributed by atoms with Crippen molar-refractivity contribution in [2.45, 2.75) is 24.6 Å². The van der Waals surface area contributed by atoms with Crippen LogP contribution in [0.15, 0.2) is 12.5 Å². The van der Waals surface area contributed by atoms with Crippen LogP contribution in [0, 0.1) is 0 Å². The maximum Gasteiger partial charge on any atom is 0.284 e. The zero-order valence-electron chi connectivity index (χ0n) is 9.17. The fraction of sp³-hybridized carbons (Fsp3) is 0.556. The van der Waals surface area contributed by atoms with Crippen molar-refractivity contribution in [1.29, 1.82) is 0 Å². The Morgan fingerprint density at radius 2 is 2.29 bits per heavy atom. The third-order valence-corrected chi connectivity index (χ3v) is 4.27. The van der Waals surface area contributed by atoms with Crippen molar-refractivity contribution < 1.29 is 13.2 Å². The van der Waals surface area contributed by atoms with Crippen LogP contribution in [0.4, 0.5) is 0 Å². The molecule has 1 amide bonds. The van der Waals surface area contributed by atoms with Gasteiger partial charge in [0.25, 0.3) is 5.91 Å². The van der Waals surface area contributed by atoms with E-state index in [1.54, 1.807) is 4.57 Å². The summed E-state index contributed by atoms with van der Waals surface area (Å²) in [5.41, 5.74) is 5.44. The van der Waals surface area contributed by atoms with Gasteiger partial charge in [0.05, 0.1) is 11.6 Å². The van der Waals surface area contributed by atoms with Crippen LogP contribution in [-0.2, 0) is 16.6 Å². The molecule has 0 aliphatic heterocycles. The Labute approximate surface area is 99.1 Å². The first-order chi connectivity index (χ1) is 8.03. The molecule has 1 heterocycles. The molecule has 94 valence electrons. The molecule has 1 aliphatic carbocycles. The van der Waals surface area contributed by atoms with Crippen molar-refractivity contribution in [3.63, 3.8) is 0 Å². The maximum atomic E-state index is 11.6. The molecule has 1 aliphatic rings. The number of nitrogens with two attached hydrogens (primary N) is 1. The van der Waals surface area contributed by atoms with Gasteiger partial charge in [0.1, 0.15) is 5.69 Å². The lowest BCUT2D eigenvalue weighted by Gasteiger charge is -2.02. The number of amides is 1. The van der Waals surface area contributed by atoms with Gasteiger partial charge in [-0.1, -0.05) is 0 Å². The molecular weight excluding hydrogens is 244 g/mol. The van der Waals surface area contributed by atoms with E-state index in [2.05, 4.69) is 4.98 Å². The minimum absolute atomic E-state index is 0.0858. The molecule has 1 aromatic heterocycles. The topological polar surface area (TPSA) is 107 Å². The summed E-state index contributed by atoms with van der Waals surface area (Å²) in [4.78, 5) is 15.4. The van der Waals surface area contributed by atoms with Gasteiger partial charge in [-0.25, -0.2) is 18.1 Å². The molecule has 0 unspecified atom stereocenters. The van der Waals surface area contributed by atoms with Crippen molar-refractivity contribution in [2.24, 2.45) is 5.73 Å². The van der Waals surface area contributed by atoms with Crippen LogP contribution in [0.25, 0.3) is 0 Å². The Hall–Kier alpha value is -1.41. The van der Waals surface area contributed by atoms with Gasteiger partial charge in [-0.05, 0) is 12.8 Å². The Balaban J connectivity index is 2.03. The predicted octanol–water partition coefficient (Wildman–Crippen LogP) is -0.936. The number of carbonyl (C=O) groups excluding carboxylic acids is 1. The second-order valence-electron chi connectivity index (χ2n) is 3.96. The third-order valence-electron chi connectivity index (χ3n) is 2.45. The van der Waals surface area contributed by atoms with Crippen LogP contribution in [0.1, 0.15) is 23.3 Å². The lowest BCUT2D eigenvalue weighted by atomic mass is 10.5. The van der Waals surface area contributed by atoms with Gasteiger partial charge in [-0.3, -0.25) is 4.79 Å². The number of hydrogen-bond acceptors (Lipinski definition) is 5. The summed E-state index contributed by atoms with van der Waals surface area (Å²) in [5, 5.41) is -0.419. The number of aromatic nitrogens is 2. The standard InChI is InChI=1S/C9H14N4O3S/c10-3-4-13-5-8(11-6-13)9(14)12-17(15,16)7-1-2-7/h5-7H,1-4,10H2,(H,12,14). The Bertz CT molecular complexity index is 518. The Morgan fingerprint density at radius 3 is 2.88 bits per heavy atom. The summed E-state index contributed by atoms with van der Waals surface area (Å²) in [6.07, 6.45) is 4.16. The Kier molecular flexibility index (Phi) is 3.16. The molecule has 17 heavy (non-hydrogen) atoms. The van der Waals surface area contributed by atoms with Crippen LogP contribution in [0.3, 0.4) is 0 Å². The van der Waals surface area contributed by atoms with E-state index in [1.807, 2.05) is 4.72 Å². The summed E-state index contributed by atoms with van der Waals surface area (Å²) in [5.74, 6) is -0.687. The molecule has 0 aromatic carbocycles. The van der Waals surface area contributed by atoms with Gasteiger partial charge < -0.3 is 10.3 Å². The van der Waals surface area contributed by atoms with Crippen LogP contribution in [-0.4, -0.2) is 35.7 Å². The predicted molar refractivity (Wildman–Crippen MR) is 60.7 cm³/mol. The minimum atomic E-state index is -3.51. The van der Waals surface area contributed by atoms with Gasteiger partial charge in [-0.15, -0.1) is 0 Å². The van der Waals surface area contributed by atoms with Crippen molar-refractivity contribution in [2.75, 3.05) is 6.54 Å². The number of carbonyl (C=O) groups is 1. The van der Waals surface area contributed by atoms with E-state index in [4.69, 9.17) is 5.73 Å². The highest BCUT2D eigenvalue weighted by atomic mass is 32.2. The monoisotopic (exact) mass is 258 g/mol. The average Bonchev–Trinajstić information content (AvgIpc) is 3.01. The molecule has 0 radical (unpaired) electrons. The number of nitrogens with one attached hydrogen (secondary N) is 1. The molecule has 0 atom stereocenters. The fourth-order valence-corrected chi connectivity index (χ4v) is 2.68. The highest BCUT2D eigenvalue weighted by Gasteiger charge is 2.37. The summed E-state index contributed by atoms with van der Waals surface area (Å²) in [6.45, 7) is 0.966. The first-order valence-electron chi connectivity index (χ1n) is 5.31. The Morgan fingerprint density at radius 1 is 1.59 bits per heavy atom. The van der Waals surface area contributed by atoms with Gasteiger partial charge in [-0.2, -0.15) is 0 Å². The number of rotatable bonds is 5. The SMILES string of the molecule is NCCn1cnc(C(=O)NS(=O)(=O)C2CC2)c1. The van der Waals surface area contributed by atoms with Gasteiger partial charge >= 0.3 is 0 Å². The maximum absolute atomic E-state index is 11.6. The van der Waals surface area contributed by atoms with Crippen LogP contribution in [0.5, 0.6) is 0 Å². The minimum Gasteiger partial charge on any atom is -0.335 e. The molecule has 0 saturated heterocycles. The summed E-state index contributed by atoms with van der Waals surface area (Å²) < 4.78 is 26.7. The smallest absolute Gasteiger partial charge is 0.284 e. The number of sulfonamides is 1. The molecule has 1 fully saturated rings. The lowest BCUT2D eigenvalue weighted by molar-refractivity contribution is 0.0977. The van der Waals surface area contributed by atoms with E-state index in [0.29, 0.717) is 25.9 Å². The highest BCUT2D eigenvalue weighted by Crippen LogP contribution is 2.27. The van der Waals surface area contributed by atoms with Crippen molar-refractivity contribution in [1.82, 2.24) is 14.3 Å². The normalized spacial score (nSPS) is 15.8. The number of nitrogens with zero attached hydrogens (tertiary/aromatic N) is 2. The molecule has 0 bridgehead atoms. The van der Waals surface area contributed by atoms with E-state index >= 15 is 0 Å².